The molecule has 16 heavy (non-hydrogen) atoms. The number of rotatable bonds is 1. The Morgan fingerprint density at radius 3 is 2.00 bits per heavy atom. The monoisotopic (exact) mass is 240 g/mol. The van der Waals surface area contributed by atoms with Crippen LogP contribution in [0.15, 0.2) is 12.1 Å². The molecule has 0 amide bonds. The summed E-state index contributed by atoms with van der Waals surface area (Å²) in [4.78, 5) is 0. The molecule has 1 aromatic carbocycles. The van der Waals surface area contributed by atoms with Gasteiger partial charge in [-0.3, -0.25) is 0 Å². The van der Waals surface area contributed by atoms with Crippen molar-refractivity contribution in [2.45, 2.75) is 19.6 Å². The second-order valence-corrected chi connectivity index (χ2v) is 9.22. The van der Waals surface area contributed by atoms with Gasteiger partial charge in [0.25, 0.3) is 0 Å². The van der Waals surface area contributed by atoms with Crippen LogP contribution in [0.25, 0.3) is 0 Å². The van der Waals surface area contributed by atoms with Crippen LogP contribution in [0, 0.1) is 23.1 Å². The second-order valence-electron chi connectivity index (χ2n) is 4.47. The third-order valence-electron chi connectivity index (χ3n) is 1.78. The third-order valence-corrected chi connectivity index (χ3v) is 2.66. The van der Waals surface area contributed by atoms with E-state index in [2.05, 4.69) is 35.8 Å². The van der Waals surface area contributed by atoms with Crippen molar-refractivity contribution >= 4 is 8.07 Å². The Bertz CT molecular complexity index is 429. The minimum absolute atomic E-state index is 0.346. The zero-order valence-electron chi connectivity index (χ0n) is 9.82. The fourth-order valence-electron chi connectivity index (χ4n) is 1.09. The molecule has 0 saturated heterocycles. The minimum Gasteiger partial charge on any atom is -0.491 e. The van der Waals surface area contributed by atoms with E-state index in [0.29, 0.717) is 5.56 Å². The first-order valence-electron chi connectivity index (χ1n) is 4.90. The van der Waals surface area contributed by atoms with Crippen LogP contribution < -0.4 is 4.74 Å². The van der Waals surface area contributed by atoms with Crippen molar-refractivity contribution in [1.29, 1.82) is 0 Å². The highest BCUT2D eigenvalue weighted by atomic mass is 28.3. The van der Waals surface area contributed by atoms with Crippen molar-refractivity contribution in [3.05, 3.63) is 29.3 Å². The van der Waals surface area contributed by atoms with Crippen LogP contribution >= 0.6 is 0 Å². The first-order chi connectivity index (χ1) is 7.33. The maximum atomic E-state index is 13.3. The molecule has 1 aromatic rings. The molecule has 0 atom stereocenters. The Morgan fingerprint density at radius 1 is 1.12 bits per heavy atom. The first-order valence-corrected chi connectivity index (χ1v) is 8.40. The highest BCUT2D eigenvalue weighted by molar-refractivity contribution is 6.83. The van der Waals surface area contributed by atoms with E-state index in [1.54, 1.807) is 0 Å². The number of hydrogen-bond acceptors (Lipinski definition) is 1. The van der Waals surface area contributed by atoms with Gasteiger partial charge in [0.2, 0.25) is 0 Å². The van der Waals surface area contributed by atoms with E-state index in [4.69, 9.17) is 0 Å². The molecule has 1 rings (SSSR count). The molecular weight excluding hydrogens is 226 g/mol. The standard InChI is InChI=1S/C12H14F2OSi/c1-15-12-10(13)7-9(8-11(12)14)5-6-16(2,3)4/h7-8H,1-4H3. The van der Waals surface area contributed by atoms with Gasteiger partial charge >= 0.3 is 0 Å². The molecule has 0 aromatic heterocycles. The molecule has 0 bridgehead atoms. The van der Waals surface area contributed by atoms with Crippen molar-refractivity contribution in [1.82, 2.24) is 0 Å². The van der Waals surface area contributed by atoms with Crippen molar-refractivity contribution in [2.75, 3.05) is 7.11 Å². The number of halogens is 2. The fourth-order valence-corrected chi connectivity index (χ4v) is 1.61. The van der Waals surface area contributed by atoms with Crippen LogP contribution in [-0.2, 0) is 0 Å². The van der Waals surface area contributed by atoms with Gasteiger partial charge in [0, 0.05) is 5.56 Å². The Morgan fingerprint density at radius 2 is 1.62 bits per heavy atom. The fraction of sp³-hybridized carbons (Fsp3) is 0.333. The normalized spacial score (nSPS) is 10.6. The smallest absolute Gasteiger partial charge is 0.190 e. The molecule has 0 aliphatic carbocycles. The van der Waals surface area contributed by atoms with Crippen LogP contribution in [0.3, 0.4) is 0 Å². The predicted molar refractivity (Wildman–Crippen MR) is 63.1 cm³/mol. The summed E-state index contributed by atoms with van der Waals surface area (Å²) >= 11 is 0. The van der Waals surface area contributed by atoms with Crippen molar-refractivity contribution < 1.29 is 13.5 Å². The number of hydrogen-bond donors (Lipinski definition) is 0. The van der Waals surface area contributed by atoms with Gasteiger partial charge < -0.3 is 4.74 Å². The summed E-state index contributed by atoms with van der Waals surface area (Å²) in [5.74, 6) is 0.991. The molecular formula is C12H14F2OSi. The average molecular weight is 240 g/mol. The molecule has 0 spiro atoms. The Kier molecular flexibility index (Phi) is 3.71. The van der Waals surface area contributed by atoms with Gasteiger partial charge in [-0.1, -0.05) is 25.6 Å². The summed E-state index contributed by atoms with van der Waals surface area (Å²) in [5.41, 5.74) is 3.39. The lowest BCUT2D eigenvalue weighted by molar-refractivity contribution is 0.359. The molecule has 86 valence electrons. The van der Waals surface area contributed by atoms with E-state index in [-0.39, 0.29) is 5.75 Å². The number of ether oxygens (including phenoxy) is 1. The summed E-state index contributed by atoms with van der Waals surface area (Å²) < 4.78 is 31.2. The number of methoxy groups -OCH3 is 1. The molecule has 0 N–H and O–H groups in total. The topological polar surface area (TPSA) is 9.23 Å². The molecule has 0 radical (unpaired) electrons. The molecule has 0 unspecified atom stereocenters. The van der Waals surface area contributed by atoms with Gasteiger partial charge in [-0.25, -0.2) is 8.78 Å². The van der Waals surface area contributed by atoms with Crippen molar-refractivity contribution in [2.24, 2.45) is 0 Å². The van der Waals surface area contributed by atoms with Crippen LogP contribution in [0.4, 0.5) is 8.78 Å². The first kappa shape index (κ1) is 12.7. The van der Waals surface area contributed by atoms with E-state index in [1.807, 2.05) is 0 Å². The van der Waals surface area contributed by atoms with Gasteiger partial charge in [0.15, 0.2) is 17.4 Å². The Hall–Kier alpha value is -1.34. The summed E-state index contributed by atoms with van der Waals surface area (Å²) in [7, 11) is -0.303. The lowest BCUT2D eigenvalue weighted by Crippen LogP contribution is -2.16. The molecule has 0 fully saturated rings. The maximum Gasteiger partial charge on any atom is 0.190 e. The third kappa shape index (κ3) is 3.35. The van der Waals surface area contributed by atoms with Gasteiger partial charge in [0.1, 0.15) is 8.07 Å². The predicted octanol–water partition coefficient (Wildman–Crippen LogP) is 3.20. The highest BCUT2D eigenvalue weighted by Gasteiger charge is 2.11. The zero-order chi connectivity index (χ0) is 12.3. The lowest BCUT2D eigenvalue weighted by atomic mass is 10.2. The summed E-state index contributed by atoms with van der Waals surface area (Å²) in [6.45, 7) is 6.20. The van der Waals surface area contributed by atoms with Crippen LogP contribution in [-0.4, -0.2) is 15.2 Å². The minimum atomic E-state index is -1.53. The molecule has 0 aliphatic heterocycles. The maximum absolute atomic E-state index is 13.3. The van der Waals surface area contributed by atoms with Gasteiger partial charge in [-0.2, -0.15) is 0 Å². The van der Waals surface area contributed by atoms with Gasteiger partial charge in [-0.05, 0) is 12.1 Å². The van der Waals surface area contributed by atoms with Crippen LogP contribution in [0.5, 0.6) is 5.75 Å². The second kappa shape index (κ2) is 4.66. The van der Waals surface area contributed by atoms with E-state index < -0.39 is 19.7 Å². The largest absolute Gasteiger partial charge is 0.491 e. The van der Waals surface area contributed by atoms with E-state index in [0.717, 1.165) is 0 Å². The van der Waals surface area contributed by atoms with E-state index in [1.165, 1.54) is 19.2 Å². The average Bonchev–Trinajstić information content (AvgIpc) is 2.13. The summed E-state index contributed by atoms with van der Waals surface area (Å²) in [6, 6.07) is 2.38. The molecule has 0 heterocycles. The van der Waals surface area contributed by atoms with Crippen molar-refractivity contribution in [3.8, 4) is 17.2 Å². The van der Waals surface area contributed by atoms with E-state index >= 15 is 0 Å². The number of benzene rings is 1. The molecule has 0 saturated carbocycles. The van der Waals surface area contributed by atoms with Crippen LogP contribution in [0.1, 0.15) is 5.56 Å². The molecule has 4 heteroatoms. The van der Waals surface area contributed by atoms with Gasteiger partial charge in [-0.15, -0.1) is 5.54 Å². The lowest BCUT2D eigenvalue weighted by Gasteiger charge is -2.05. The quantitative estimate of drug-likeness (QED) is 0.541. The molecule has 0 aliphatic rings. The molecule has 1 nitrogen and oxygen atoms in total. The Labute approximate surface area is 95.4 Å². The summed E-state index contributed by atoms with van der Waals surface area (Å²) in [5, 5.41) is 0. The SMILES string of the molecule is COc1c(F)cc(C#C[Si](C)(C)C)cc1F. The van der Waals surface area contributed by atoms with Crippen molar-refractivity contribution in [3.63, 3.8) is 0 Å². The summed E-state index contributed by atoms with van der Waals surface area (Å²) in [6.07, 6.45) is 0. The zero-order valence-corrected chi connectivity index (χ0v) is 10.8. The van der Waals surface area contributed by atoms with Gasteiger partial charge in [0.05, 0.1) is 7.11 Å². The Balaban J connectivity index is 3.13. The van der Waals surface area contributed by atoms with E-state index in [9.17, 15) is 8.78 Å². The highest BCUT2D eigenvalue weighted by Crippen LogP contribution is 2.22. The van der Waals surface area contributed by atoms with Crippen LogP contribution in [0.2, 0.25) is 19.6 Å².